The van der Waals surface area contributed by atoms with Gasteiger partial charge in [0.15, 0.2) is 0 Å². The summed E-state index contributed by atoms with van der Waals surface area (Å²) >= 11 is 3.23. The van der Waals surface area contributed by atoms with Gasteiger partial charge in [-0.15, -0.1) is 0 Å². The molecule has 7 nitrogen and oxygen atoms in total. The van der Waals surface area contributed by atoms with Crippen LogP contribution in [0.5, 0.6) is 11.6 Å². The summed E-state index contributed by atoms with van der Waals surface area (Å²) in [7, 11) is 0. The van der Waals surface area contributed by atoms with Gasteiger partial charge >= 0.3 is 5.97 Å². The van der Waals surface area contributed by atoms with E-state index in [9.17, 15) is 14.9 Å². The van der Waals surface area contributed by atoms with E-state index in [1.165, 1.54) is 18.2 Å². The van der Waals surface area contributed by atoms with Crippen molar-refractivity contribution in [2.75, 3.05) is 0 Å². The van der Waals surface area contributed by atoms with Crippen LogP contribution in [0.2, 0.25) is 0 Å². The molecule has 0 unspecified atom stereocenters. The number of nitro groups is 1. The van der Waals surface area contributed by atoms with E-state index in [1.54, 1.807) is 13.0 Å². The first-order chi connectivity index (χ1) is 9.88. The van der Waals surface area contributed by atoms with Crippen LogP contribution >= 0.6 is 15.9 Å². The molecule has 2 rings (SSSR count). The Hall–Kier alpha value is -2.48. The second-order valence-electron chi connectivity index (χ2n) is 4.12. The Labute approximate surface area is 127 Å². The Morgan fingerprint density at radius 1 is 1.43 bits per heavy atom. The maximum Gasteiger partial charge on any atom is 0.339 e. The molecule has 108 valence electrons. The second-order valence-corrected chi connectivity index (χ2v) is 5.04. The Balaban J connectivity index is 2.40. The molecule has 0 atom stereocenters. The summed E-state index contributed by atoms with van der Waals surface area (Å²) in [6, 6.07) is 5.77. The molecule has 2 aromatic rings. The zero-order valence-electron chi connectivity index (χ0n) is 10.7. The highest BCUT2D eigenvalue weighted by Crippen LogP contribution is 2.30. The first-order valence-electron chi connectivity index (χ1n) is 5.70. The largest absolute Gasteiger partial charge is 0.478 e. The zero-order valence-corrected chi connectivity index (χ0v) is 12.3. The van der Waals surface area contributed by atoms with Crippen LogP contribution in [0.1, 0.15) is 15.9 Å². The third-order valence-electron chi connectivity index (χ3n) is 2.61. The number of aromatic nitrogens is 1. The van der Waals surface area contributed by atoms with Gasteiger partial charge in [-0.2, -0.15) is 0 Å². The third-order valence-corrected chi connectivity index (χ3v) is 3.10. The van der Waals surface area contributed by atoms with Crippen LogP contribution in [-0.2, 0) is 0 Å². The molecular formula is C13H9BrN2O5. The number of pyridine rings is 1. The van der Waals surface area contributed by atoms with E-state index in [2.05, 4.69) is 20.9 Å². The van der Waals surface area contributed by atoms with Crippen LogP contribution in [0.15, 0.2) is 34.9 Å². The molecule has 0 aliphatic heterocycles. The summed E-state index contributed by atoms with van der Waals surface area (Å²) in [5.74, 6) is -0.931. The molecule has 21 heavy (non-hydrogen) atoms. The molecule has 0 saturated heterocycles. The highest BCUT2D eigenvalue weighted by atomic mass is 79.9. The molecule has 1 heterocycles. The Kier molecular flexibility index (Phi) is 4.18. The van der Waals surface area contributed by atoms with Crippen molar-refractivity contribution in [3.8, 4) is 11.6 Å². The molecule has 0 radical (unpaired) electrons. The van der Waals surface area contributed by atoms with Crippen molar-refractivity contribution in [2.24, 2.45) is 0 Å². The number of nitrogens with zero attached hydrogens (tertiary/aromatic N) is 2. The number of carbonyl (C=O) groups is 1. The van der Waals surface area contributed by atoms with Gasteiger partial charge in [0.25, 0.3) is 5.69 Å². The number of carboxylic acid groups (broad SMARTS) is 1. The fourth-order valence-corrected chi connectivity index (χ4v) is 1.96. The monoisotopic (exact) mass is 352 g/mol. The molecule has 0 saturated carbocycles. The van der Waals surface area contributed by atoms with Crippen LogP contribution in [0.25, 0.3) is 0 Å². The summed E-state index contributed by atoms with van der Waals surface area (Å²) in [4.78, 5) is 25.1. The lowest BCUT2D eigenvalue weighted by Crippen LogP contribution is -2.01. The summed E-state index contributed by atoms with van der Waals surface area (Å²) in [5.41, 5.74) is 0.241. The lowest BCUT2D eigenvalue weighted by molar-refractivity contribution is -0.385. The lowest BCUT2D eigenvalue weighted by atomic mass is 10.2. The molecule has 1 N–H and O–H groups in total. The van der Waals surface area contributed by atoms with Crippen LogP contribution in [0.3, 0.4) is 0 Å². The smallest absolute Gasteiger partial charge is 0.339 e. The lowest BCUT2D eigenvalue weighted by Gasteiger charge is -2.10. The molecule has 0 bridgehead atoms. The fraction of sp³-hybridized carbons (Fsp3) is 0.0769. The van der Waals surface area contributed by atoms with E-state index < -0.39 is 10.9 Å². The van der Waals surface area contributed by atoms with Crippen molar-refractivity contribution in [3.63, 3.8) is 0 Å². The number of aryl methyl sites for hydroxylation is 1. The fourth-order valence-electron chi connectivity index (χ4n) is 1.62. The van der Waals surface area contributed by atoms with Gasteiger partial charge in [0.05, 0.1) is 4.92 Å². The van der Waals surface area contributed by atoms with Crippen molar-refractivity contribution in [2.45, 2.75) is 6.92 Å². The molecule has 1 aromatic heterocycles. The molecule has 1 aromatic carbocycles. The topological polar surface area (TPSA) is 103 Å². The molecular weight excluding hydrogens is 344 g/mol. The van der Waals surface area contributed by atoms with Crippen LogP contribution in [0, 0.1) is 17.0 Å². The summed E-state index contributed by atoms with van der Waals surface area (Å²) in [6.07, 6.45) is 1.06. The van der Waals surface area contributed by atoms with Crippen LogP contribution in [-0.4, -0.2) is 21.0 Å². The number of carboxylic acids is 1. The Morgan fingerprint density at radius 3 is 2.71 bits per heavy atom. The summed E-state index contributed by atoms with van der Waals surface area (Å²) in [6.45, 7) is 1.59. The SMILES string of the molecule is Cc1cc([N+](=O)[O-])cnc1Oc1cc(Br)ccc1C(=O)O. The predicted molar refractivity (Wildman–Crippen MR) is 76.8 cm³/mol. The maximum absolute atomic E-state index is 11.1. The van der Waals surface area contributed by atoms with E-state index >= 15 is 0 Å². The zero-order chi connectivity index (χ0) is 15.6. The van der Waals surface area contributed by atoms with Crippen LogP contribution < -0.4 is 4.74 Å². The number of aromatic carboxylic acids is 1. The quantitative estimate of drug-likeness (QED) is 0.666. The minimum Gasteiger partial charge on any atom is -0.478 e. The minimum absolute atomic E-state index is 0.0299. The first-order valence-corrected chi connectivity index (χ1v) is 6.49. The van der Waals surface area contributed by atoms with Gasteiger partial charge in [0.2, 0.25) is 5.88 Å². The molecule has 0 fully saturated rings. The van der Waals surface area contributed by atoms with Gasteiger partial charge in [-0.05, 0) is 25.1 Å². The average molecular weight is 353 g/mol. The third kappa shape index (κ3) is 3.34. The number of halogens is 1. The van der Waals surface area contributed by atoms with Gasteiger partial charge in [0.1, 0.15) is 17.5 Å². The number of ether oxygens (including phenoxy) is 1. The van der Waals surface area contributed by atoms with E-state index in [0.29, 0.717) is 10.0 Å². The molecule has 8 heteroatoms. The maximum atomic E-state index is 11.1. The molecule has 0 spiro atoms. The standard InChI is InChI=1S/C13H9BrN2O5/c1-7-4-9(16(19)20)6-15-12(7)21-11-5-8(14)2-3-10(11)13(17)18/h2-6H,1H3,(H,17,18). The summed E-state index contributed by atoms with van der Waals surface area (Å²) in [5, 5.41) is 19.8. The predicted octanol–water partition coefficient (Wildman–Crippen LogP) is 3.55. The van der Waals surface area contributed by atoms with E-state index in [-0.39, 0.29) is 22.9 Å². The van der Waals surface area contributed by atoms with Gasteiger partial charge in [-0.25, -0.2) is 9.78 Å². The Bertz CT molecular complexity index is 732. The average Bonchev–Trinajstić information content (AvgIpc) is 2.40. The van der Waals surface area contributed by atoms with Crippen molar-refractivity contribution >= 4 is 27.6 Å². The normalized spacial score (nSPS) is 10.2. The summed E-state index contributed by atoms with van der Waals surface area (Å²) < 4.78 is 6.11. The van der Waals surface area contributed by atoms with Crippen molar-refractivity contribution in [1.29, 1.82) is 0 Å². The first kappa shape index (κ1) is 14.9. The molecule has 0 amide bonds. The van der Waals surface area contributed by atoms with Gasteiger partial charge in [-0.3, -0.25) is 10.1 Å². The van der Waals surface area contributed by atoms with Gasteiger partial charge in [-0.1, -0.05) is 15.9 Å². The minimum atomic E-state index is -1.14. The second kappa shape index (κ2) is 5.88. The number of rotatable bonds is 4. The van der Waals surface area contributed by atoms with E-state index in [0.717, 1.165) is 6.20 Å². The Morgan fingerprint density at radius 2 is 2.14 bits per heavy atom. The van der Waals surface area contributed by atoms with Crippen molar-refractivity contribution in [3.05, 3.63) is 56.2 Å². The van der Waals surface area contributed by atoms with Gasteiger partial charge < -0.3 is 9.84 Å². The van der Waals surface area contributed by atoms with Gasteiger partial charge in [0, 0.05) is 16.1 Å². The van der Waals surface area contributed by atoms with E-state index in [1.807, 2.05) is 0 Å². The number of hydrogen-bond donors (Lipinski definition) is 1. The van der Waals surface area contributed by atoms with Crippen molar-refractivity contribution < 1.29 is 19.6 Å². The molecule has 0 aliphatic rings. The highest BCUT2D eigenvalue weighted by molar-refractivity contribution is 9.10. The number of benzene rings is 1. The number of hydrogen-bond acceptors (Lipinski definition) is 5. The highest BCUT2D eigenvalue weighted by Gasteiger charge is 2.16. The van der Waals surface area contributed by atoms with Crippen molar-refractivity contribution in [1.82, 2.24) is 4.98 Å². The molecule has 0 aliphatic carbocycles. The van der Waals surface area contributed by atoms with E-state index in [4.69, 9.17) is 9.84 Å². The van der Waals surface area contributed by atoms with Crippen LogP contribution in [0.4, 0.5) is 5.69 Å².